The quantitative estimate of drug-likeness (QED) is 0.775. The Morgan fingerprint density at radius 3 is 2.54 bits per heavy atom. The molecule has 3 rings (SSSR count). The van der Waals surface area contributed by atoms with Crippen molar-refractivity contribution in [2.24, 2.45) is 14.1 Å². The molecule has 1 N–H and O–H groups in total. The molecule has 7 nitrogen and oxygen atoms in total. The van der Waals surface area contributed by atoms with E-state index in [1.54, 1.807) is 13.1 Å². The molecule has 3 aromatic rings. The standard InChI is InChI=1S/C19H20N4O3/c1-12(13-7-5-4-6-8-13)9-16(24)21-14-10-15-17(20-11-14)22(2)19(26)23(3)18(15)25/h4-8,10-12H,9H2,1-3H3,(H,21,24). The minimum Gasteiger partial charge on any atom is -0.325 e. The van der Waals surface area contributed by atoms with Crippen molar-refractivity contribution in [3.8, 4) is 0 Å². The van der Waals surface area contributed by atoms with Crippen molar-refractivity contribution in [2.75, 3.05) is 5.32 Å². The number of carbonyl (C=O) groups excluding carboxylic acids is 1. The number of benzene rings is 1. The van der Waals surface area contributed by atoms with Crippen molar-refractivity contribution >= 4 is 22.6 Å². The Morgan fingerprint density at radius 2 is 1.85 bits per heavy atom. The number of hydrogen-bond donors (Lipinski definition) is 1. The van der Waals surface area contributed by atoms with E-state index in [2.05, 4.69) is 10.3 Å². The molecule has 0 fully saturated rings. The number of aromatic nitrogens is 3. The van der Waals surface area contributed by atoms with Crippen molar-refractivity contribution in [3.05, 3.63) is 69.0 Å². The van der Waals surface area contributed by atoms with E-state index in [4.69, 9.17) is 0 Å². The molecule has 1 amide bonds. The molecule has 2 aromatic heterocycles. The third-order valence-electron chi connectivity index (χ3n) is 4.44. The third-order valence-corrected chi connectivity index (χ3v) is 4.44. The summed E-state index contributed by atoms with van der Waals surface area (Å²) in [6, 6.07) is 11.3. The number of hydrogen-bond acceptors (Lipinski definition) is 4. The number of rotatable bonds is 4. The maximum absolute atomic E-state index is 12.3. The summed E-state index contributed by atoms with van der Waals surface area (Å²) in [5, 5.41) is 3.06. The first-order valence-corrected chi connectivity index (χ1v) is 8.29. The van der Waals surface area contributed by atoms with E-state index in [0.29, 0.717) is 12.1 Å². The van der Waals surface area contributed by atoms with E-state index in [1.807, 2.05) is 37.3 Å². The van der Waals surface area contributed by atoms with Crippen LogP contribution < -0.4 is 16.6 Å². The molecule has 0 aliphatic carbocycles. The second-order valence-corrected chi connectivity index (χ2v) is 6.36. The van der Waals surface area contributed by atoms with Crippen LogP contribution in [-0.4, -0.2) is 20.0 Å². The minimum atomic E-state index is -0.441. The molecule has 0 aliphatic heterocycles. The monoisotopic (exact) mass is 352 g/mol. The first kappa shape index (κ1) is 17.6. The number of aryl methyl sites for hydroxylation is 1. The molecule has 0 radical (unpaired) electrons. The van der Waals surface area contributed by atoms with Gasteiger partial charge in [-0.15, -0.1) is 0 Å². The fourth-order valence-electron chi connectivity index (χ4n) is 2.92. The summed E-state index contributed by atoms with van der Waals surface area (Å²) < 4.78 is 2.33. The van der Waals surface area contributed by atoms with Crippen LogP contribution in [0.4, 0.5) is 5.69 Å². The lowest BCUT2D eigenvalue weighted by Gasteiger charge is -2.12. The van der Waals surface area contributed by atoms with Gasteiger partial charge >= 0.3 is 5.69 Å². The van der Waals surface area contributed by atoms with Gasteiger partial charge in [0.1, 0.15) is 5.65 Å². The zero-order valence-electron chi connectivity index (χ0n) is 14.9. The highest BCUT2D eigenvalue weighted by Crippen LogP contribution is 2.20. The molecule has 2 heterocycles. The Kier molecular flexibility index (Phi) is 4.71. The molecule has 7 heteroatoms. The van der Waals surface area contributed by atoms with Gasteiger partial charge in [-0.3, -0.25) is 18.7 Å². The van der Waals surface area contributed by atoms with Crippen molar-refractivity contribution in [3.63, 3.8) is 0 Å². The maximum atomic E-state index is 12.3. The molecular weight excluding hydrogens is 332 g/mol. The fourth-order valence-corrected chi connectivity index (χ4v) is 2.92. The smallest absolute Gasteiger partial charge is 0.325 e. The van der Waals surface area contributed by atoms with E-state index in [1.165, 1.54) is 17.8 Å². The highest BCUT2D eigenvalue weighted by molar-refractivity contribution is 5.93. The molecule has 1 atom stereocenters. The Balaban J connectivity index is 1.84. The van der Waals surface area contributed by atoms with Crippen LogP contribution in [0.1, 0.15) is 24.8 Å². The Labute approximate surface area is 149 Å². The van der Waals surface area contributed by atoms with Crippen molar-refractivity contribution in [1.82, 2.24) is 14.1 Å². The number of nitrogens with one attached hydrogen (secondary N) is 1. The summed E-state index contributed by atoms with van der Waals surface area (Å²) in [5.41, 5.74) is 0.920. The van der Waals surface area contributed by atoms with Crippen LogP contribution in [0, 0.1) is 0 Å². The number of pyridine rings is 1. The van der Waals surface area contributed by atoms with Gasteiger partial charge in [0.2, 0.25) is 5.91 Å². The van der Waals surface area contributed by atoms with Gasteiger partial charge in [-0.25, -0.2) is 9.78 Å². The Hall–Kier alpha value is -3.22. The predicted molar refractivity (Wildman–Crippen MR) is 100 cm³/mol. The first-order valence-electron chi connectivity index (χ1n) is 8.29. The van der Waals surface area contributed by atoms with E-state index in [9.17, 15) is 14.4 Å². The average molecular weight is 352 g/mol. The molecule has 1 unspecified atom stereocenters. The molecular formula is C19H20N4O3. The minimum absolute atomic E-state index is 0.0679. The summed E-state index contributed by atoms with van der Waals surface area (Å²) in [5.74, 6) is -0.0950. The number of amides is 1. The SMILES string of the molecule is CC(CC(=O)Nc1cnc2c(c1)c(=O)n(C)c(=O)n2C)c1ccccc1. The van der Waals surface area contributed by atoms with Gasteiger partial charge in [0.05, 0.1) is 17.3 Å². The first-order chi connectivity index (χ1) is 12.4. The fraction of sp³-hybridized carbons (Fsp3) is 0.263. The molecule has 0 aliphatic rings. The molecule has 0 bridgehead atoms. The predicted octanol–water partition coefficient (Wildman–Crippen LogP) is 1.76. The lowest BCUT2D eigenvalue weighted by atomic mass is 9.97. The van der Waals surface area contributed by atoms with Crippen LogP contribution in [-0.2, 0) is 18.9 Å². The largest absolute Gasteiger partial charge is 0.332 e. The Bertz CT molecular complexity index is 1080. The van der Waals surface area contributed by atoms with Crippen LogP contribution in [0.25, 0.3) is 11.0 Å². The lowest BCUT2D eigenvalue weighted by Crippen LogP contribution is -2.37. The van der Waals surface area contributed by atoms with Crippen molar-refractivity contribution in [2.45, 2.75) is 19.3 Å². The second kappa shape index (κ2) is 6.95. The van der Waals surface area contributed by atoms with Gasteiger partial charge in [0, 0.05) is 20.5 Å². The maximum Gasteiger partial charge on any atom is 0.332 e. The van der Waals surface area contributed by atoms with E-state index in [-0.39, 0.29) is 22.9 Å². The van der Waals surface area contributed by atoms with Gasteiger partial charge in [0.25, 0.3) is 5.56 Å². The summed E-state index contributed by atoms with van der Waals surface area (Å²) in [7, 11) is 2.97. The van der Waals surface area contributed by atoms with Crippen LogP contribution in [0.2, 0.25) is 0 Å². The molecule has 1 aromatic carbocycles. The normalized spacial score (nSPS) is 12.1. The number of fused-ring (bicyclic) bond motifs is 1. The molecule has 26 heavy (non-hydrogen) atoms. The van der Waals surface area contributed by atoms with Crippen LogP contribution in [0.3, 0.4) is 0 Å². The zero-order chi connectivity index (χ0) is 18.8. The van der Waals surface area contributed by atoms with E-state index >= 15 is 0 Å². The summed E-state index contributed by atoms with van der Waals surface area (Å²) in [6.45, 7) is 1.99. The zero-order valence-corrected chi connectivity index (χ0v) is 14.9. The van der Waals surface area contributed by atoms with Crippen LogP contribution in [0.5, 0.6) is 0 Å². The molecule has 0 spiro atoms. The number of nitrogens with zero attached hydrogens (tertiary/aromatic N) is 3. The van der Waals surface area contributed by atoms with Gasteiger partial charge in [-0.1, -0.05) is 37.3 Å². The molecule has 0 saturated heterocycles. The summed E-state index contributed by atoms with van der Waals surface area (Å²) >= 11 is 0. The highest BCUT2D eigenvalue weighted by Gasteiger charge is 2.14. The van der Waals surface area contributed by atoms with Crippen molar-refractivity contribution in [1.29, 1.82) is 0 Å². The summed E-state index contributed by atoms with van der Waals surface area (Å²) in [6.07, 6.45) is 1.76. The van der Waals surface area contributed by atoms with Crippen molar-refractivity contribution < 1.29 is 4.79 Å². The molecule has 0 saturated carbocycles. The average Bonchev–Trinajstić information content (AvgIpc) is 2.65. The van der Waals surface area contributed by atoms with Crippen LogP contribution >= 0.6 is 0 Å². The number of anilines is 1. The van der Waals surface area contributed by atoms with E-state index in [0.717, 1.165) is 10.1 Å². The lowest BCUT2D eigenvalue weighted by molar-refractivity contribution is -0.116. The number of carbonyl (C=O) groups is 1. The molecule has 134 valence electrons. The van der Waals surface area contributed by atoms with Gasteiger partial charge in [0.15, 0.2) is 0 Å². The topological polar surface area (TPSA) is 86.0 Å². The van der Waals surface area contributed by atoms with Gasteiger partial charge in [-0.05, 0) is 17.5 Å². The summed E-state index contributed by atoms with van der Waals surface area (Å²) in [4.78, 5) is 40.7. The third kappa shape index (κ3) is 3.28. The van der Waals surface area contributed by atoms with Crippen LogP contribution in [0.15, 0.2) is 52.2 Å². The van der Waals surface area contributed by atoms with Gasteiger partial charge < -0.3 is 5.32 Å². The second-order valence-electron chi connectivity index (χ2n) is 6.36. The van der Waals surface area contributed by atoms with E-state index < -0.39 is 11.2 Å². The Morgan fingerprint density at radius 1 is 1.15 bits per heavy atom. The highest BCUT2D eigenvalue weighted by atomic mass is 16.2. The van der Waals surface area contributed by atoms with Gasteiger partial charge in [-0.2, -0.15) is 0 Å².